The first-order valence-corrected chi connectivity index (χ1v) is 16.9. The summed E-state index contributed by atoms with van der Waals surface area (Å²) >= 11 is 0. The molecule has 2 rings (SSSR count). The summed E-state index contributed by atoms with van der Waals surface area (Å²) in [7, 11) is 0. The first-order chi connectivity index (χ1) is 24.2. The quantitative estimate of drug-likeness (QED) is 0.135. The average Bonchev–Trinajstić information content (AvgIpc) is 2.99. The molecule has 2 N–H and O–H groups in total. The number of nitrogens with one attached hydrogen (secondary N) is 2. The van der Waals surface area contributed by atoms with Crippen LogP contribution in [0.5, 0.6) is 0 Å². The van der Waals surface area contributed by atoms with Crippen molar-refractivity contribution < 1.29 is 80.9 Å². The highest BCUT2D eigenvalue weighted by atomic mass is 16.8. The van der Waals surface area contributed by atoms with E-state index in [-0.39, 0.29) is 19.5 Å². The highest BCUT2D eigenvalue weighted by Crippen LogP contribution is 2.35. The van der Waals surface area contributed by atoms with Crippen LogP contribution < -0.4 is 10.6 Å². The third kappa shape index (κ3) is 14.5. The molecule has 2 heterocycles. The van der Waals surface area contributed by atoms with Crippen molar-refractivity contribution >= 4 is 41.9 Å². The zero-order valence-electron chi connectivity index (χ0n) is 31.2. The Balaban J connectivity index is 2.55. The minimum atomic E-state index is -1.70. The van der Waals surface area contributed by atoms with Crippen molar-refractivity contribution in [3.63, 3.8) is 0 Å². The number of rotatable bonds is 15. The summed E-state index contributed by atoms with van der Waals surface area (Å²) in [6.45, 7) is 13.5. The van der Waals surface area contributed by atoms with Gasteiger partial charge in [-0.3, -0.25) is 34.1 Å². The molecule has 19 nitrogen and oxygen atoms in total. The summed E-state index contributed by atoms with van der Waals surface area (Å²) in [5.41, 5.74) is -0.686. The van der Waals surface area contributed by atoms with E-state index < -0.39 is 115 Å². The Morgan fingerprint density at radius 3 is 1.60 bits per heavy atom. The summed E-state index contributed by atoms with van der Waals surface area (Å²) in [6.07, 6.45) is -13.6. The Bertz CT molecular complexity index is 1270. The second-order valence-electron chi connectivity index (χ2n) is 13.1. The van der Waals surface area contributed by atoms with Crippen LogP contribution in [0, 0.1) is 0 Å². The van der Waals surface area contributed by atoms with Crippen molar-refractivity contribution in [3.05, 3.63) is 0 Å². The molecule has 2 aliphatic heterocycles. The van der Waals surface area contributed by atoms with Crippen LogP contribution >= 0.6 is 0 Å². The second-order valence-corrected chi connectivity index (χ2v) is 13.1. The molecule has 52 heavy (non-hydrogen) atoms. The topological polar surface area (TPSA) is 236 Å². The maximum absolute atomic E-state index is 12.5. The van der Waals surface area contributed by atoms with Crippen LogP contribution in [0.25, 0.3) is 0 Å². The van der Waals surface area contributed by atoms with Crippen LogP contribution in [0.2, 0.25) is 0 Å². The number of esters is 6. The maximum Gasteiger partial charge on any atom is 0.407 e. The van der Waals surface area contributed by atoms with Gasteiger partial charge in [0.25, 0.3) is 0 Å². The Labute approximate surface area is 302 Å². The monoisotopic (exact) mass is 748 g/mol. The van der Waals surface area contributed by atoms with Crippen molar-refractivity contribution in [2.75, 3.05) is 19.7 Å². The third-order valence-corrected chi connectivity index (χ3v) is 7.25. The highest BCUT2D eigenvalue weighted by molar-refractivity contribution is 5.69. The Hall–Kier alpha value is -4.07. The fourth-order valence-corrected chi connectivity index (χ4v) is 5.51. The first-order valence-electron chi connectivity index (χ1n) is 16.9. The molecular weight excluding hydrogens is 696 g/mol. The number of amides is 1. The van der Waals surface area contributed by atoms with Gasteiger partial charge in [-0.25, -0.2) is 4.79 Å². The molecule has 0 aliphatic carbocycles. The normalized spacial score (nSPS) is 28.7. The lowest BCUT2D eigenvalue weighted by Gasteiger charge is -2.49. The second kappa shape index (κ2) is 20.2. The molecule has 1 amide bonds. The van der Waals surface area contributed by atoms with Crippen LogP contribution in [0.1, 0.15) is 82.1 Å². The zero-order valence-corrected chi connectivity index (χ0v) is 31.2. The molecule has 296 valence electrons. The standard InChI is InChI=1S/C33H52N2O17/c1-11-22-24(44-17(3)37)26(28(47-20(6)40)30(49-22)34-13-12-14-35-32(42)52-33(8,9)10)51-31-29(48-21(7)41)27(46-19(5)39)25(45-18(4)38)23(50-31)15-43-16(2)36/h22-31,34H,11-15H2,1-10H3,(H,35,42)/t22-,23-,24-,25-,26+,27+,28-,29-,30?,31+/m1/s1. The Morgan fingerprint density at radius 2 is 1.10 bits per heavy atom. The van der Waals surface area contributed by atoms with Gasteiger partial charge < -0.3 is 52.7 Å². The van der Waals surface area contributed by atoms with E-state index in [1.807, 2.05) is 0 Å². The van der Waals surface area contributed by atoms with Gasteiger partial charge in [-0.05, 0) is 40.2 Å². The predicted molar refractivity (Wildman–Crippen MR) is 174 cm³/mol. The first kappa shape index (κ1) is 44.1. The number of hydrogen-bond acceptors (Lipinski definition) is 18. The molecule has 0 aromatic heterocycles. The minimum absolute atomic E-state index is 0.213. The smallest absolute Gasteiger partial charge is 0.407 e. The van der Waals surface area contributed by atoms with E-state index in [2.05, 4.69) is 10.6 Å². The van der Waals surface area contributed by atoms with Crippen molar-refractivity contribution in [3.8, 4) is 0 Å². The van der Waals surface area contributed by atoms with E-state index in [1.54, 1.807) is 27.7 Å². The van der Waals surface area contributed by atoms with Gasteiger partial charge in [0.15, 0.2) is 36.8 Å². The number of carbonyl (C=O) groups is 7. The lowest BCUT2D eigenvalue weighted by atomic mass is 9.94. The average molecular weight is 749 g/mol. The van der Waals surface area contributed by atoms with Gasteiger partial charge in [0.1, 0.15) is 30.6 Å². The molecular formula is C33H52N2O17. The Morgan fingerprint density at radius 1 is 0.596 bits per heavy atom. The van der Waals surface area contributed by atoms with E-state index in [9.17, 15) is 33.6 Å². The van der Waals surface area contributed by atoms with Gasteiger partial charge in [-0.1, -0.05) is 6.92 Å². The Kier molecular flexibility index (Phi) is 17.2. The fourth-order valence-electron chi connectivity index (χ4n) is 5.51. The predicted octanol–water partition coefficient (Wildman–Crippen LogP) is 0.957. The number of ether oxygens (including phenoxy) is 10. The van der Waals surface area contributed by atoms with Crippen molar-refractivity contribution in [2.45, 2.75) is 149 Å². The van der Waals surface area contributed by atoms with Gasteiger partial charge in [-0.15, -0.1) is 0 Å². The van der Waals surface area contributed by atoms with Gasteiger partial charge in [-0.2, -0.15) is 0 Å². The van der Waals surface area contributed by atoms with Gasteiger partial charge in [0, 0.05) is 48.1 Å². The van der Waals surface area contributed by atoms with E-state index in [0.717, 1.165) is 41.5 Å². The summed E-state index contributed by atoms with van der Waals surface area (Å²) in [5, 5.41) is 5.77. The molecule has 0 bridgehead atoms. The molecule has 0 aromatic rings. The van der Waals surface area contributed by atoms with E-state index in [1.165, 1.54) is 0 Å². The summed E-state index contributed by atoms with van der Waals surface area (Å²) in [6, 6.07) is 0. The summed E-state index contributed by atoms with van der Waals surface area (Å²) < 4.78 is 56.9. The van der Waals surface area contributed by atoms with Gasteiger partial charge >= 0.3 is 41.9 Å². The number of carbonyl (C=O) groups excluding carboxylic acids is 7. The third-order valence-electron chi connectivity index (χ3n) is 7.25. The molecule has 0 radical (unpaired) electrons. The van der Waals surface area contributed by atoms with Crippen LogP contribution in [0.15, 0.2) is 0 Å². The summed E-state index contributed by atoms with van der Waals surface area (Å²) in [4.78, 5) is 85.6. The molecule has 2 saturated heterocycles. The maximum atomic E-state index is 12.5. The summed E-state index contributed by atoms with van der Waals surface area (Å²) in [5.74, 6) is -4.77. The van der Waals surface area contributed by atoms with Crippen molar-refractivity contribution in [1.29, 1.82) is 0 Å². The van der Waals surface area contributed by atoms with Crippen molar-refractivity contribution in [1.82, 2.24) is 10.6 Å². The largest absolute Gasteiger partial charge is 0.463 e. The number of alkyl carbamates (subject to hydrolysis) is 1. The SMILES string of the molecule is CC[C@H]1OC(NCCCNC(=O)OC(C)(C)C)[C@H](OC(C)=O)[C@@H](O[C@@H]2O[C@H](COC(C)=O)[C@@H](OC(C)=O)[C@H](OC(C)=O)[C@H]2OC(C)=O)[C@@H]1OC(C)=O. The van der Waals surface area contributed by atoms with Gasteiger partial charge in [0.2, 0.25) is 0 Å². The molecule has 1 unspecified atom stereocenters. The zero-order chi connectivity index (χ0) is 39.3. The minimum Gasteiger partial charge on any atom is -0.463 e. The molecule has 10 atom stereocenters. The van der Waals surface area contributed by atoms with E-state index >= 15 is 0 Å². The lowest BCUT2D eigenvalue weighted by molar-refractivity contribution is -0.345. The number of hydrogen-bond donors (Lipinski definition) is 2. The van der Waals surface area contributed by atoms with Crippen LogP contribution in [0.3, 0.4) is 0 Å². The molecule has 19 heteroatoms. The molecule has 0 saturated carbocycles. The van der Waals surface area contributed by atoms with Crippen LogP contribution in [-0.4, -0.2) is 129 Å². The lowest BCUT2D eigenvalue weighted by Crippen LogP contribution is -2.68. The van der Waals surface area contributed by atoms with Crippen LogP contribution in [0.4, 0.5) is 4.79 Å². The van der Waals surface area contributed by atoms with E-state index in [0.29, 0.717) is 6.42 Å². The van der Waals surface area contributed by atoms with Crippen molar-refractivity contribution in [2.24, 2.45) is 0 Å². The van der Waals surface area contributed by atoms with E-state index in [4.69, 9.17) is 47.4 Å². The van der Waals surface area contributed by atoms with Gasteiger partial charge in [0.05, 0.1) is 6.10 Å². The molecule has 0 aromatic carbocycles. The molecule has 0 spiro atoms. The molecule has 2 aliphatic rings. The molecule has 2 fully saturated rings. The van der Waals surface area contributed by atoms with Crippen LogP contribution in [-0.2, 0) is 76.1 Å². The highest BCUT2D eigenvalue weighted by Gasteiger charge is 2.57. The fraction of sp³-hybridized carbons (Fsp3) is 0.788.